The second kappa shape index (κ2) is 5.16. The predicted molar refractivity (Wildman–Crippen MR) is 61.3 cm³/mol. The molecule has 0 radical (unpaired) electrons. The lowest BCUT2D eigenvalue weighted by atomic mass is 10.2. The van der Waals surface area contributed by atoms with Gasteiger partial charge in [-0.25, -0.2) is 4.79 Å². The molecule has 0 saturated carbocycles. The predicted octanol–water partition coefficient (Wildman–Crippen LogP) is 1.83. The van der Waals surface area contributed by atoms with Crippen molar-refractivity contribution in [1.82, 2.24) is 4.57 Å². The van der Waals surface area contributed by atoms with E-state index in [1.54, 1.807) is 12.3 Å². The molecule has 0 atom stereocenters. The molecule has 0 spiro atoms. The van der Waals surface area contributed by atoms with Crippen molar-refractivity contribution in [1.29, 1.82) is 0 Å². The highest BCUT2D eigenvalue weighted by Crippen LogP contribution is 2.12. The summed E-state index contributed by atoms with van der Waals surface area (Å²) in [5.41, 5.74) is 0.0810. The first kappa shape index (κ1) is 12.8. The molecule has 4 nitrogen and oxygen atoms in total. The van der Waals surface area contributed by atoms with Gasteiger partial charge in [-0.1, -0.05) is 0 Å². The first-order valence-electron chi connectivity index (χ1n) is 5.42. The van der Waals surface area contributed by atoms with E-state index in [1.165, 1.54) is 0 Å². The largest absolute Gasteiger partial charge is 0.456 e. The van der Waals surface area contributed by atoms with E-state index in [-0.39, 0.29) is 12.6 Å². The second-order valence-electron chi connectivity index (χ2n) is 4.72. The van der Waals surface area contributed by atoms with Gasteiger partial charge in [0.25, 0.3) is 0 Å². The first-order valence-corrected chi connectivity index (χ1v) is 5.42. The topological polar surface area (TPSA) is 51.5 Å². The summed E-state index contributed by atoms with van der Waals surface area (Å²) in [6.45, 7) is 6.38. The first-order chi connectivity index (χ1) is 7.42. The summed E-state index contributed by atoms with van der Waals surface area (Å²) in [5.74, 6) is -0.310. The van der Waals surface area contributed by atoms with Gasteiger partial charge in [0.2, 0.25) is 0 Å². The lowest BCUT2D eigenvalue weighted by Crippen LogP contribution is -2.23. The third kappa shape index (κ3) is 4.06. The van der Waals surface area contributed by atoms with E-state index in [9.17, 15) is 4.79 Å². The molecule has 0 aliphatic carbocycles. The molecule has 0 amide bonds. The summed E-state index contributed by atoms with van der Waals surface area (Å²) in [7, 11) is 0. The Hall–Kier alpha value is -1.29. The van der Waals surface area contributed by atoms with Gasteiger partial charge in [-0.15, -0.1) is 0 Å². The van der Waals surface area contributed by atoms with Crippen LogP contribution in [0.5, 0.6) is 0 Å². The van der Waals surface area contributed by atoms with Gasteiger partial charge in [0, 0.05) is 25.5 Å². The molecule has 0 fully saturated rings. The van der Waals surface area contributed by atoms with Gasteiger partial charge in [-0.05, 0) is 33.3 Å². The fourth-order valence-electron chi connectivity index (χ4n) is 1.29. The lowest BCUT2D eigenvalue weighted by Gasteiger charge is -2.18. The number of carbonyl (C=O) groups excluding carboxylic acids is 1. The molecule has 1 aromatic heterocycles. The maximum Gasteiger partial charge on any atom is 0.340 e. The maximum absolute atomic E-state index is 11.7. The van der Waals surface area contributed by atoms with Gasteiger partial charge in [-0.3, -0.25) is 0 Å². The van der Waals surface area contributed by atoms with Gasteiger partial charge in [0.15, 0.2) is 0 Å². The Bertz CT molecular complexity index is 349. The fraction of sp³-hybridized carbons (Fsp3) is 0.583. The quantitative estimate of drug-likeness (QED) is 0.795. The maximum atomic E-state index is 11.7. The number of ether oxygens (including phenoxy) is 1. The minimum Gasteiger partial charge on any atom is -0.456 e. The van der Waals surface area contributed by atoms with Crippen LogP contribution in [-0.4, -0.2) is 27.9 Å². The van der Waals surface area contributed by atoms with Crippen LogP contribution in [0.4, 0.5) is 0 Å². The molecule has 0 aliphatic rings. The smallest absolute Gasteiger partial charge is 0.340 e. The Morgan fingerprint density at radius 3 is 2.75 bits per heavy atom. The van der Waals surface area contributed by atoms with Crippen LogP contribution in [0.1, 0.15) is 37.6 Å². The molecule has 1 rings (SSSR count). The van der Waals surface area contributed by atoms with E-state index in [0.717, 1.165) is 0 Å². The molecule has 1 N–H and O–H groups in total. The molecular weight excluding hydrogens is 206 g/mol. The Balaban J connectivity index is 2.60. The van der Waals surface area contributed by atoms with Crippen molar-refractivity contribution in [3.63, 3.8) is 0 Å². The molecule has 1 heterocycles. The highest BCUT2D eigenvalue weighted by atomic mass is 16.6. The fourth-order valence-corrected chi connectivity index (χ4v) is 1.29. The van der Waals surface area contributed by atoms with E-state index in [2.05, 4.69) is 0 Å². The zero-order chi connectivity index (χ0) is 12.2. The third-order valence-corrected chi connectivity index (χ3v) is 1.96. The number of carbonyl (C=O) groups is 1. The monoisotopic (exact) mass is 225 g/mol. The molecule has 1 aromatic rings. The molecule has 0 saturated heterocycles. The molecule has 0 bridgehead atoms. The average molecular weight is 225 g/mol. The van der Waals surface area contributed by atoms with Gasteiger partial charge in [0.05, 0.1) is 5.56 Å². The van der Waals surface area contributed by atoms with Crippen LogP contribution in [0.3, 0.4) is 0 Å². The number of aliphatic hydroxyl groups is 1. The number of nitrogens with zero attached hydrogens (tertiary/aromatic N) is 1. The Labute approximate surface area is 95.8 Å². The van der Waals surface area contributed by atoms with Crippen LogP contribution in [0.25, 0.3) is 0 Å². The van der Waals surface area contributed by atoms with Gasteiger partial charge >= 0.3 is 5.97 Å². The Morgan fingerprint density at radius 1 is 1.50 bits per heavy atom. The molecule has 4 heteroatoms. The molecule has 16 heavy (non-hydrogen) atoms. The van der Waals surface area contributed by atoms with Crippen LogP contribution < -0.4 is 0 Å². The second-order valence-corrected chi connectivity index (χ2v) is 4.72. The van der Waals surface area contributed by atoms with E-state index < -0.39 is 5.60 Å². The molecule has 0 aliphatic heterocycles. The average Bonchev–Trinajstić information content (AvgIpc) is 2.60. The van der Waals surface area contributed by atoms with Crippen LogP contribution >= 0.6 is 0 Å². The van der Waals surface area contributed by atoms with E-state index >= 15 is 0 Å². The van der Waals surface area contributed by atoms with Gasteiger partial charge in [0.1, 0.15) is 5.60 Å². The number of hydrogen-bond donors (Lipinski definition) is 1. The number of aromatic nitrogens is 1. The molecule has 90 valence electrons. The summed E-state index contributed by atoms with van der Waals surface area (Å²) in [6.07, 6.45) is 4.24. The van der Waals surface area contributed by atoms with Crippen molar-refractivity contribution < 1.29 is 14.6 Å². The number of aryl methyl sites for hydroxylation is 1. The zero-order valence-corrected chi connectivity index (χ0v) is 10.1. The summed E-state index contributed by atoms with van der Waals surface area (Å²) < 4.78 is 7.11. The molecule has 0 aromatic carbocycles. The Kier molecular flexibility index (Phi) is 4.12. The summed E-state index contributed by atoms with van der Waals surface area (Å²) in [4.78, 5) is 11.7. The van der Waals surface area contributed by atoms with Crippen LogP contribution in [0.15, 0.2) is 18.5 Å². The number of hydrogen-bond acceptors (Lipinski definition) is 3. The van der Waals surface area contributed by atoms with Crippen molar-refractivity contribution in [2.75, 3.05) is 6.61 Å². The minimum atomic E-state index is -0.468. The SMILES string of the molecule is CC(C)(C)OC(=O)c1ccn(CCCO)c1. The van der Waals surface area contributed by atoms with E-state index in [1.807, 2.05) is 31.5 Å². The van der Waals surface area contributed by atoms with Crippen molar-refractivity contribution in [3.8, 4) is 0 Å². The number of esters is 1. The normalized spacial score (nSPS) is 11.5. The minimum absolute atomic E-state index is 0.153. The van der Waals surface area contributed by atoms with E-state index in [0.29, 0.717) is 18.5 Å². The lowest BCUT2D eigenvalue weighted by molar-refractivity contribution is 0.00695. The number of aliphatic hydroxyl groups excluding tert-OH is 1. The highest BCUT2D eigenvalue weighted by Gasteiger charge is 2.18. The van der Waals surface area contributed by atoms with Crippen LogP contribution in [0, 0.1) is 0 Å². The van der Waals surface area contributed by atoms with E-state index in [4.69, 9.17) is 9.84 Å². The van der Waals surface area contributed by atoms with Gasteiger partial charge in [-0.2, -0.15) is 0 Å². The summed E-state index contributed by atoms with van der Waals surface area (Å²) >= 11 is 0. The Morgan fingerprint density at radius 2 is 2.19 bits per heavy atom. The number of rotatable bonds is 4. The third-order valence-electron chi connectivity index (χ3n) is 1.96. The van der Waals surface area contributed by atoms with Crippen molar-refractivity contribution in [2.45, 2.75) is 39.3 Å². The molecule has 0 unspecified atom stereocenters. The zero-order valence-electron chi connectivity index (χ0n) is 10.1. The standard InChI is InChI=1S/C12H19NO3/c1-12(2,3)16-11(15)10-5-7-13(9-10)6-4-8-14/h5,7,9,14H,4,6,8H2,1-3H3. The summed E-state index contributed by atoms with van der Waals surface area (Å²) in [6, 6.07) is 1.73. The van der Waals surface area contributed by atoms with Crippen molar-refractivity contribution in [2.24, 2.45) is 0 Å². The van der Waals surface area contributed by atoms with Gasteiger partial charge < -0.3 is 14.4 Å². The summed E-state index contributed by atoms with van der Waals surface area (Å²) in [5, 5.41) is 8.69. The van der Waals surface area contributed by atoms with Crippen LogP contribution in [-0.2, 0) is 11.3 Å². The van der Waals surface area contributed by atoms with Crippen LogP contribution in [0.2, 0.25) is 0 Å². The highest BCUT2D eigenvalue weighted by molar-refractivity contribution is 5.89. The molecular formula is C12H19NO3. The van der Waals surface area contributed by atoms with Crippen molar-refractivity contribution >= 4 is 5.97 Å². The van der Waals surface area contributed by atoms with Crippen molar-refractivity contribution in [3.05, 3.63) is 24.0 Å².